The van der Waals surface area contributed by atoms with Crippen molar-refractivity contribution in [3.05, 3.63) is 30.2 Å². The first-order chi connectivity index (χ1) is 14.5. The Morgan fingerprint density at radius 2 is 1.93 bits per heavy atom. The van der Waals surface area contributed by atoms with Crippen LogP contribution < -0.4 is 10.1 Å². The molecule has 1 saturated heterocycles. The monoisotopic (exact) mass is 414 g/mol. The van der Waals surface area contributed by atoms with Crippen molar-refractivity contribution < 1.29 is 14.1 Å². The Morgan fingerprint density at radius 1 is 1.20 bits per heavy atom. The smallest absolute Gasteiger partial charge is 0.227 e. The molecular weight excluding hydrogens is 380 g/mol. The SMILES string of the molecule is COc1ccc(-c2noc(CCC(=O)NCCCCN3CC(C)CC(C)C3)n2)cc1. The fourth-order valence-corrected chi connectivity index (χ4v) is 4.19. The Bertz CT molecular complexity index is 780. The van der Waals surface area contributed by atoms with Crippen LogP contribution in [0.15, 0.2) is 28.8 Å². The van der Waals surface area contributed by atoms with Crippen molar-refractivity contribution in [2.24, 2.45) is 11.8 Å². The molecule has 2 atom stereocenters. The average molecular weight is 415 g/mol. The Hall–Kier alpha value is -2.41. The molecule has 2 heterocycles. The van der Waals surface area contributed by atoms with Gasteiger partial charge in [0.25, 0.3) is 0 Å². The maximum atomic E-state index is 12.1. The fourth-order valence-electron chi connectivity index (χ4n) is 4.19. The summed E-state index contributed by atoms with van der Waals surface area (Å²) in [5.41, 5.74) is 0.854. The first-order valence-electron chi connectivity index (χ1n) is 11.0. The fraction of sp³-hybridized carbons (Fsp3) is 0.609. The highest BCUT2D eigenvalue weighted by Crippen LogP contribution is 2.21. The van der Waals surface area contributed by atoms with E-state index in [1.807, 2.05) is 24.3 Å². The van der Waals surface area contributed by atoms with Crippen LogP contribution in [0.1, 0.15) is 45.4 Å². The molecule has 1 amide bonds. The van der Waals surface area contributed by atoms with E-state index < -0.39 is 0 Å². The second-order valence-corrected chi connectivity index (χ2v) is 8.50. The summed E-state index contributed by atoms with van der Waals surface area (Å²) in [6.45, 7) is 8.94. The van der Waals surface area contributed by atoms with Gasteiger partial charge in [-0.1, -0.05) is 19.0 Å². The van der Waals surface area contributed by atoms with Crippen LogP contribution in [0.5, 0.6) is 5.75 Å². The molecule has 164 valence electrons. The average Bonchev–Trinajstić information content (AvgIpc) is 3.20. The number of unbranched alkanes of at least 4 members (excludes halogenated alkanes) is 1. The molecule has 1 fully saturated rings. The van der Waals surface area contributed by atoms with E-state index in [1.54, 1.807) is 7.11 Å². The summed E-state index contributed by atoms with van der Waals surface area (Å²) in [6.07, 6.45) is 4.26. The third-order valence-electron chi connectivity index (χ3n) is 5.55. The number of nitrogens with zero attached hydrogens (tertiary/aromatic N) is 3. The number of carbonyl (C=O) groups is 1. The Kier molecular flexibility index (Phi) is 8.25. The number of carbonyl (C=O) groups excluding carboxylic acids is 1. The molecule has 1 N–H and O–H groups in total. The van der Waals surface area contributed by atoms with Crippen LogP contribution in [-0.4, -0.2) is 54.2 Å². The number of hydrogen-bond donors (Lipinski definition) is 1. The first-order valence-corrected chi connectivity index (χ1v) is 11.0. The van der Waals surface area contributed by atoms with Gasteiger partial charge in [-0.05, 0) is 61.9 Å². The second-order valence-electron chi connectivity index (χ2n) is 8.50. The van der Waals surface area contributed by atoms with E-state index in [0.29, 0.717) is 24.6 Å². The summed E-state index contributed by atoms with van der Waals surface area (Å²) in [5.74, 6) is 3.39. The number of rotatable bonds is 10. The largest absolute Gasteiger partial charge is 0.497 e. The Morgan fingerprint density at radius 3 is 2.63 bits per heavy atom. The molecule has 1 aromatic heterocycles. The number of ether oxygens (including phenoxy) is 1. The van der Waals surface area contributed by atoms with Gasteiger partial charge in [-0.15, -0.1) is 0 Å². The third-order valence-corrected chi connectivity index (χ3v) is 5.55. The normalized spacial score (nSPS) is 19.6. The van der Waals surface area contributed by atoms with Crippen molar-refractivity contribution in [1.29, 1.82) is 0 Å². The summed E-state index contributed by atoms with van der Waals surface area (Å²) in [4.78, 5) is 19.0. The van der Waals surface area contributed by atoms with E-state index in [0.717, 1.165) is 49.1 Å². The van der Waals surface area contributed by atoms with E-state index in [1.165, 1.54) is 19.5 Å². The third kappa shape index (κ3) is 6.83. The molecule has 1 aliphatic rings. The van der Waals surface area contributed by atoms with Gasteiger partial charge in [0.2, 0.25) is 17.6 Å². The number of aryl methyl sites for hydroxylation is 1. The van der Waals surface area contributed by atoms with Crippen LogP contribution in [0.4, 0.5) is 0 Å². The highest BCUT2D eigenvalue weighted by molar-refractivity contribution is 5.75. The molecule has 0 bridgehead atoms. The highest BCUT2D eigenvalue weighted by Gasteiger charge is 2.21. The zero-order valence-corrected chi connectivity index (χ0v) is 18.4. The van der Waals surface area contributed by atoms with Gasteiger partial charge in [0.15, 0.2) is 0 Å². The molecule has 0 radical (unpaired) electrons. The minimum Gasteiger partial charge on any atom is -0.497 e. The molecule has 0 saturated carbocycles. The standard InChI is InChI=1S/C23H34N4O3/c1-17-14-18(2)16-27(15-17)13-5-4-12-24-21(28)10-11-22-25-23(26-30-22)19-6-8-20(29-3)9-7-19/h6-9,17-18H,4-5,10-16H2,1-3H3,(H,24,28). The number of benzene rings is 1. The number of hydrogen-bond acceptors (Lipinski definition) is 6. The van der Waals surface area contributed by atoms with E-state index in [4.69, 9.17) is 9.26 Å². The van der Waals surface area contributed by atoms with Crippen LogP contribution in [0.25, 0.3) is 11.4 Å². The predicted octanol–water partition coefficient (Wildman–Crippen LogP) is 3.55. The summed E-state index contributed by atoms with van der Waals surface area (Å²) in [5, 5.41) is 7.00. The van der Waals surface area contributed by atoms with Crippen LogP contribution >= 0.6 is 0 Å². The van der Waals surface area contributed by atoms with Crippen molar-refractivity contribution in [3.63, 3.8) is 0 Å². The summed E-state index contributed by atoms with van der Waals surface area (Å²) in [6, 6.07) is 7.47. The lowest BCUT2D eigenvalue weighted by Gasteiger charge is -2.34. The van der Waals surface area contributed by atoms with Crippen molar-refractivity contribution in [2.45, 2.75) is 46.0 Å². The zero-order valence-electron chi connectivity index (χ0n) is 18.4. The van der Waals surface area contributed by atoms with E-state index in [9.17, 15) is 4.79 Å². The van der Waals surface area contributed by atoms with Crippen molar-refractivity contribution in [1.82, 2.24) is 20.4 Å². The number of amides is 1. The van der Waals surface area contributed by atoms with E-state index >= 15 is 0 Å². The van der Waals surface area contributed by atoms with Crippen LogP contribution in [0.3, 0.4) is 0 Å². The number of likely N-dealkylation sites (tertiary alicyclic amines) is 1. The zero-order chi connectivity index (χ0) is 21.3. The quantitative estimate of drug-likeness (QED) is 0.599. The lowest BCUT2D eigenvalue weighted by molar-refractivity contribution is -0.121. The molecule has 1 aliphatic heterocycles. The maximum absolute atomic E-state index is 12.1. The summed E-state index contributed by atoms with van der Waals surface area (Å²) >= 11 is 0. The predicted molar refractivity (Wildman–Crippen MR) is 116 cm³/mol. The van der Waals surface area contributed by atoms with Crippen LogP contribution in [0, 0.1) is 11.8 Å². The molecule has 3 rings (SSSR count). The number of aromatic nitrogens is 2. The molecule has 1 aromatic carbocycles. The second kappa shape index (κ2) is 11.1. The lowest BCUT2D eigenvalue weighted by atomic mass is 9.92. The summed E-state index contributed by atoms with van der Waals surface area (Å²) < 4.78 is 10.4. The van der Waals surface area contributed by atoms with Gasteiger partial charge in [0, 0.05) is 38.0 Å². The number of methoxy groups -OCH3 is 1. The van der Waals surface area contributed by atoms with E-state index in [-0.39, 0.29) is 5.91 Å². The van der Waals surface area contributed by atoms with Gasteiger partial charge in [-0.2, -0.15) is 4.98 Å². The lowest BCUT2D eigenvalue weighted by Crippen LogP contribution is -2.39. The van der Waals surface area contributed by atoms with Crippen molar-refractivity contribution in [2.75, 3.05) is 33.3 Å². The Labute approximate surface area is 179 Å². The number of nitrogens with one attached hydrogen (secondary N) is 1. The van der Waals surface area contributed by atoms with Gasteiger partial charge >= 0.3 is 0 Å². The Balaban J connectivity index is 1.31. The minimum atomic E-state index is 0.0272. The topological polar surface area (TPSA) is 80.5 Å². The molecular formula is C23H34N4O3. The van der Waals surface area contributed by atoms with Gasteiger partial charge in [0.1, 0.15) is 5.75 Å². The first kappa shape index (κ1) is 22.3. The highest BCUT2D eigenvalue weighted by atomic mass is 16.5. The summed E-state index contributed by atoms with van der Waals surface area (Å²) in [7, 11) is 1.63. The van der Waals surface area contributed by atoms with E-state index in [2.05, 4.69) is 34.2 Å². The maximum Gasteiger partial charge on any atom is 0.227 e. The van der Waals surface area contributed by atoms with Gasteiger partial charge in [0.05, 0.1) is 7.11 Å². The molecule has 0 aliphatic carbocycles. The van der Waals surface area contributed by atoms with Crippen LogP contribution in [-0.2, 0) is 11.2 Å². The van der Waals surface area contributed by atoms with Crippen molar-refractivity contribution in [3.8, 4) is 17.1 Å². The molecule has 7 heteroatoms. The molecule has 30 heavy (non-hydrogen) atoms. The van der Waals surface area contributed by atoms with Crippen LogP contribution in [0.2, 0.25) is 0 Å². The molecule has 0 spiro atoms. The minimum absolute atomic E-state index is 0.0272. The number of piperidine rings is 1. The molecule has 7 nitrogen and oxygen atoms in total. The molecule has 2 unspecified atom stereocenters. The van der Waals surface area contributed by atoms with Gasteiger partial charge in [-0.3, -0.25) is 4.79 Å². The molecule has 2 aromatic rings. The van der Waals surface area contributed by atoms with Gasteiger partial charge < -0.3 is 19.5 Å². The van der Waals surface area contributed by atoms with Crippen molar-refractivity contribution >= 4 is 5.91 Å². The van der Waals surface area contributed by atoms with Gasteiger partial charge in [-0.25, -0.2) is 0 Å².